The van der Waals surface area contributed by atoms with E-state index in [2.05, 4.69) is 5.32 Å². The molecule has 5 heteroatoms. The quantitative estimate of drug-likeness (QED) is 0.851. The number of hydrogen-bond donors (Lipinski definition) is 1. The smallest absolute Gasteiger partial charge is 0.322 e. The Bertz CT molecular complexity index is 412. The fourth-order valence-corrected chi connectivity index (χ4v) is 2.21. The minimum Gasteiger partial charge on any atom is -0.372 e. The Hall–Kier alpha value is -1.26. The Labute approximate surface area is 112 Å². The summed E-state index contributed by atoms with van der Waals surface area (Å²) in [6.45, 7) is 5.17. The highest BCUT2D eigenvalue weighted by atomic mass is 35.5. The predicted molar refractivity (Wildman–Crippen MR) is 72.1 cm³/mol. The van der Waals surface area contributed by atoms with Crippen molar-refractivity contribution in [1.82, 2.24) is 4.90 Å². The van der Waals surface area contributed by atoms with Crippen molar-refractivity contribution in [2.45, 2.75) is 26.1 Å². The molecule has 0 spiro atoms. The molecule has 18 heavy (non-hydrogen) atoms. The third kappa shape index (κ3) is 3.37. The van der Waals surface area contributed by atoms with Crippen LogP contribution in [0.15, 0.2) is 24.3 Å². The molecular formula is C13H17ClN2O2. The molecule has 0 aromatic heterocycles. The van der Waals surface area contributed by atoms with Crippen molar-refractivity contribution in [2.24, 2.45) is 0 Å². The van der Waals surface area contributed by atoms with Crippen LogP contribution in [0.5, 0.6) is 0 Å². The standard InChI is InChI=1S/C13H17ClN2O2/c1-9-7-16(8-10(2)18-9)13(17)15-12-5-3-11(14)4-6-12/h3-6,9-10H,7-8H2,1-2H3,(H,15,17)/t9-,10+. The molecule has 1 saturated heterocycles. The number of urea groups is 1. The topological polar surface area (TPSA) is 41.6 Å². The number of nitrogens with zero attached hydrogens (tertiary/aromatic N) is 1. The number of carbonyl (C=O) groups is 1. The van der Waals surface area contributed by atoms with Crippen LogP contribution >= 0.6 is 11.6 Å². The van der Waals surface area contributed by atoms with Crippen molar-refractivity contribution < 1.29 is 9.53 Å². The van der Waals surface area contributed by atoms with Gasteiger partial charge in [-0.1, -0.05) is 11.6 Å². The van der Waals surface area contributed by atoms with Crippen molar-refractivity contribution in [2.75, 3.05) is 18.4 Å². The zero-order valence-corrected chi connectivity index (χ0v) is 11.3. The largest absolute Gasteiger partial charge is 0.372 e. The molecule has 1 N–H and O–H groups in total. The molecule has 2 atom stereocenters. The number of anilines is 1. The number of benzene rings is 1. The van der Waals surface area contributed by atoms with E-state index in [1.54, 1.807) is 29.2 Å². The van der Waals surface area contributed by atoms with Gasteiger partial charge in [-0.3, -0.25) is 0 Å². The number of morpholine rings is 1. The molecule has 0 unspecified atom stereocenters. The van der Waals surface area contributed by atoms with Crippen LogP contribution in [0, 0.1) is 0 Å². The minimum atomic E-state index is -0.0978. The van der Waals surface area contributed by atoms with Gasteiger partial charge in [0, 0.05) is 23.8 Å². The number of ether oxygens (including phenoxy) is 1. The number of halogens is 1. The monoisotopic (exact) mass is 268 g/mol. The highest BCUT2D eigenvalue weighted by Gasteiger charge is 2.25. The molecule has 2 rings (SSSR count). The first-order chi connectivity index (χ1) is 8.54. The van der Waals surface area contributed by atoms with Crippen LogP contribution < -0.4 is 5.32 Å². The number of amides is 2. The van der Waals surface area contributed by atoms with Gasteiger partial charge in [0.05, 0.1) is 12.2 Å². The lowest BCUT2D eigenvalue weighted by atomic mass is 10.2. The number of rotatable bonds is 1. The molecule has 1 aliphatic heterocycles. The van der Waals surface area contributed by atoms with Gasteiger partial charge < -0.3 is 15.0 Å². The summed E-state index contributed by atoms with van der Waals surface area (Å²) in [4.78, 5) is 13.8. The maximum Gasteiger partial charge on any atom is 0.322 e. The van der Waals surface area contributed by atoms with Gasteiger partial charge in [-0.25, -0.2) is 4.79 Å². The van der Waals surface area contributed by atoms with Crippen molar-refractivity contribution in [3.8, 4) is 0 Å². The molecule has 1 fully saturated rings. The van der Waals surface area contributed by atoms with Crippen LogP contribution in [0.25, 0.3) is 0 Å². The van der Waals surface area contributed by atoms with E-state index in [9.17, 15) is 4.79 Å². The van der Waals surface area contributed by atoms with E-state index in [0.29, 0.717) is 18.1 Å². The first-order valence-electron chi connectivity index (χ1n) is 6.01. The Kier molecular flexibility index (Phi) is 4.09. The summed E-state index contributed by atoms with van der Waals surface area (Å²) in [5.74, 6) is 0. The number of carbonyl (C=O) groups excluding carboxylic acids is 1. The summed E-state index contributed by atoms with van der Waals surface area (Å²) in [6, 6.07) is 6.98. The van der Waals surface area contributed by atoms with Crippen LogP contribution in [0.3, 0.4) is 0 Å². The van der Waals surface area contributed by atoms with Crippen molar-refractivity contribution >= 4 is 23.3 Å². The van der Waals surface area contributed by atoms with Crippen LogP contribution in [0.1, 0.15) is 13.8 Å². The molecular weight excluding hydrogens is 252 g/mol. The van der Waals surface area contributed by atoms with Gasteiger partial charge in [0.25, 0.3) is 0 Å². The van der Waals surface area contributed by atoms with Crippen LogP contribution in [-0.2, 0) is 4.74 Å². The Morgan fingerprint density at radius 1 is 1.28 bits per heavy atom. The van der Waals surface area contributed by atoms with Gasteiger partial charge in [-0.05, 0) is 38.1 Å². The molecule has 0 aliphatic carbocycles. The third-order valence-corrected chi connectivity index (χ3v) is 3.05. The van der Waals surface area contributed by atoms with E-state index in [1.165, 1.54) is 0 Å². The van der Waals surface area contributed by atoms with Crippen LogP contribution in [0.4, 0.5) is 10.5 Å². The van der Waals surface area contributed by atoms with Gasteiger partial charge in [-0.15, -0.1) is 0 Å². The van der Waals surface area contributed by atoms with Gasteiger partial charge in [0.2, 0.25) is 0 Å². The number of hydrogen-bond acceptors (Lipinski definition) is 2. The van der Waals surface area contributed by atoms with E-state index in [0.717, 1.165) is 5.69 Å². The first-order valence-corrected chi connectivity index (χ1v) is 6.39. The molecule has 1 heterocycles. The average Bonchev–Trinajstić information content (AvgIpc) is 2.31. The molecule has 1 aromatic rings. The van der Waals surface area contributed by atoms with Crippen molar-refractivity contribution in [3.63, 3.8) is 0 Å². The zero-order valence-electron chi connectivity index (χ0n) is 10.5. The average molecular weight is 269 g/mol. The van der Waals surface area contributed by atoms with Gasteiger partial charge in [-0.2, -0.15) is 0 Å². The highest BCUT2D eigenvalue weighted by molar-refractivity contribution is 6.30. The molecule has 0 saturated carbocycles. The molecule has 98 valence electrons. The maximum atomic E-state index is 12.1. The molecule has 0 bridgehead atoms. The van der Waals surface area contributed by atoms with E-state index < -0.39 is 0 Å². The van der Waals surface area contributed by atoms with Gasteiger partial charge in [0.1, 0.15) is 0 Å². The normalized spacial score (nSPS) is 23.8. The Morgan fingerprint density at radius 2 is 1.83 bits per heavy atom. The maximum absolute atomic E-state index is 12.1. The second-order valence-corrected chi connectivity index (χ2v) is 5.04. The van der Waals surface area contributed by atoms with Crippen molar-refractivity contribution in [1.29, 1.82) is 0 Å². The second kappa shape index (κ2) is 5.59. The fraction of sp³-hybridized carbons (Fsp3) is 0.462. The van der Waals surface area contributed by atoms with E-state index in [4.69, 9.17) is 16.3 Å². The summed E-state index contributed by atoms with van der Waals surface area (Å²) in [5, 5.41) is 3.51. The SMILES string of the molecule is C[C@@H]1CN(C(=O)Nc2ccc(Cl)cc2)C[C@H](C)O1. The lowest BCUT2D eigenvalue weighted by Crippen LogP contribution is -2.49. The summed E-state index contributed by atoms with van der Waals surface area (Å²) in [6.07, 6.45) is 0.148. The molecule has 4 nitrogen and oxygen atoms in total. The summed E-state index contributed by atoms with van der Waals surface area (Å²) < 4.78 is 5.59. The summed E-state index contributed by atoms with van der Waals surface area (Å²) in [7, 11) is 0. The van der Waals surface area contributed by atoms with Crippen LogP contribution in [-0.4, -0.2) is 36.2 Å². The molecule has 2 amide bonds. The molecule has 1 aliphatic rings. The van der Waals surface area contributed by atoms with E-state index >= 15 is 0 Å². The summed E-state index contributed by atoms with van der Waals surface area (Å²) >= 11 is 5.80. The van der Waals surface area contributed by atoms with Gasteiger partial charge in [0.15, 0.2) is 0 Å². The Balaban J connectivity index is 1.97. The second-order valence-electron chi connectivity index (χ2n) is 4.60. The Morgan fingerprint density at radius 3 is 2.39 bits per heavy atom. The highest BCUT2D eigenvalue weighted by Crippen LogP contribution is 2.16. The van der Waals surface area contributed by atoms with Crippen LogP contribution in [0.2, 0.25) is 5.02 Å². The number of nitrogens with one attached hydrogen (secondary N) is 1. The fourth-order valence-electron chi connectivity index (χ4n) is 2.08. The van der Waals surface area contributed by atoms with E-state index in [1.807, 2.05) is 13.8 Å². The predicted octanol–water partition coefficient (Wildman–Crippen LogP) is 2.98. The lowest BCUT2D eigenvalue weighted by molar-refractivity contribution is -0.0530. The molecule has 0 radical (unpaired) electrons. The van der Waals surface area contributed by atoms with E-state index in [-0.39, 0.29) is 18.2 Å². The van der Waals surface area contributed by atoms with Gasteiger partial charge >= 0.3 is 6.03 Å². The minimum absolute atomic E-state index is 0.0738. The summed E-state index contributed by atoms with van der Waals surface area (Å²) in [5.41, 5.74) is 0.746. The lowest BCUT2D eigenvalue weighted by Gasteiger charge is -2.35. The third-order valence-electron chi connectivity index (χ3n) is 2.80. The molecule has 1 aromatic carbocycles. The first kappa shape index (κ1) is 13.2. The van der Waals surface area contributed by atoms with Crippen molar-refractivity contribution in [3.05, 3.63) is 29.3 Å². The zero-order chi connectivity index (χ0) is 13.1.